The van der Waals surface area contributed by atoms with Gasteiger partial charge >= 0.3 is 0 Å². The van der Waals surface area contributed by atoms with Gasteiger partial charge in [0.05, 0.1) is 18.8 Å². The van der Waals surface area contributed by atoms with Gasteiger partial charge in [0.2, 0.25) is 0 Å². The van der Waals surface area contributed by atoms with Gasteiger partial charge in [-0.05, 0) is 33.1 Å². The molecule has 2 saturated heterocycles. The van der Waals surface area contributed by atoms with Gasteiger partial charge in [-0.1, -0.05) is 0 Å². The molecule has 2 aliphatic heterocycles. The van der Waals surface area contributed by atoms with Crippen molar-refractivity contribution in [1.29, 1.82) is 0 Å². The van der Waals surface area contributed by atoms with E-state index in [0.29, 0.717) is 6.10 Å². The molecule has 5 atom stereocenters. The molecule has 0 aromatic rings. The minimum Gasteiger partial charge on any atom is -0.394 e. The van der Waals surface area contributed by atoms with Gasteiger partial charge in [-0.25, -0.2) is 0 Å². The topological polar surface area (TPSA) is 79.2 Å². The highest BCUT2D eigenvalue weighted by molar-refractivity contribution is 4.87. The molecule has 0 amide bonds. The van der Waals surface area contributed by atoms with E-state index in [9.17, 15) is 0 Å². The molecule has 5 unspecified atom stereocenters. The monoisotopic (exact) mass is 248 g/mol. The van der Waals surface area contributed by atoms with Gasteiger partial charge in [0.25, 0.3) is 0 Å². The van der Waals surface area contributed by atoms with Crippen LogP contribution in [0.15, 0.2) is 0 Å². The molecule has 0 aliphatic carbocycles. The molecule has 2 aliphatic rings. The van der Waals surface area contributed by atoms with Crippen molar-refractivity contribution in [2.45, 2.75) is 63.6 Å². The number of rotatable bonds is 1. The van der Waals surface area contributed by atoms with Crippen LogP contribution in [0, 0.1) is 0 Å². The zero-order valence-electron chi connectivity index (χ0n) is 10.6. The van der Waals surface area contributed by atoms with Gasteiger partial charge in [-0.2, -0.15) is 0 Å². The Labute approximate surface area is 102 Å². The van der Waals surface area contributed by atoms with E-state index in [-0.39, 0.29) is 12.7 Å². The van der Waals surface area contributed by atoms with Crippen molar-refractivity contribution in [3.8, 4) is 0 Å². The summed E-state index contributed by atoms with van der Waals surface area (Å²) in [5.41, 5.74) is 0. The zero-order chi connectivity index (χ0) is 12.8. The lowest BCUT2D eigenvalue weighted by atomic mass is 10.1. The smallest absolute Gasteiger partial charge is 0.111 e. The highest BCUT2D eigenvalue weighted by Crippen LogP contribution is 2.19. The molecule has 0 spiro atoms. The Kier molecular flexibility index (Phi) is 6.37. The highest BCUT2D eigenvalue weighted by Gasteiger charge is 2.39. The molecule has 2 heterocycles. The third-order valence-electron chi connectivity index (χ3n) is 3.19. The van der Waals surface area contributed by atoms with E-state index in [1.165, 1.54) is 19.3 Å². The lowest BCUT2D eigenvalue weighted by Gasteiger charge is -2.17. The third kappa shape index (κ3) is 4.52. The lowest BCUT2D eigenvalue weighted by molar-refractivity contribution is -0.0171. The quantitative estimate of drug-likeness (QED) is 0.611. The van der Waals surface area contributed by atoms with Crippen LogP contribution in [0.2, 0.25) is 0 Å². The van der Waals surface area contributed by atoms with E-state index in [1.807, 2.05) is 0 Å². The Morgan fingerprint density at radius 1 is 1.12 bits per heavy atom. The minimum atomic E-state index is -0.944. The average molecular weight is 248 g/mol. The van der Waals surface area contributed by atoms with Crippen molar-refractivity contribution in [1.82, 2.24) is 0 Å². The molecule has 0 bridgehead atoms. The van der Waals surface area contributed by atoms with Crippen LogP contribution >= 0.6 is 0 Å². The third-order valence-corrected chi connectivity index (χ3v) is 3.19. The summed E-state index contributed by atoms with van der Waals surface area (Å²) < 4.78 is 10.3. The molecule has 0 radical (unpaired) electrons. The second-order valence-electron chi connectivity index (χ2n) is 4.72. The van der Waals surface area contributed by atoms with Gasteiger partial charge in [0.1, 0.15) is 18.3 Å². The predicted octanol–water partition coefficient (Wildman–Crippen LogP) is 0.0632. The highest BCUT2D eigenvalue weighted by atomic mass is 16.6. The molecule has 3 N–H and O–H groups in total. The largest absolute Gasteiger partial charge is 0.394 e. The maximum absolute atomic E-state index is 9.09. The summed E-state index contributed by atoms with van der Waals surface area (Å²) >= 11 is 0. The first kappa shape index (κ1) is 14.9. The standard InChI is InChI=1S/C6H12O4.C6H12O/c1-3-5(8)6(9)4(2-7)10-3;1-6-4-2-3-5-7-6/h3-9H,2H2,1H3;6H,2-5H2,1H3. The molecule has 0 aromatic carbocycles. The minimum absolute atomic E-state index is 0.247. The summed E-state index contributed by atoms with van der Waals surface area (Å²) in [6, 6.07) is 0. The van der Waals surface area contributed by atoms with Crippen molar-refractivity contribution in [2.24, 2.45) is 0 Å². The van der Waals surface area contributed by atoms with E-state index in [4.69, 9.17) is 24.8 Å². The van der Waals surface area contributed by atoms with Crippen LogP contribution in [0.3, 0.4) is 0 Å². The lowest BCUT2D eigenvalue weighted by Crippen LogP contribution is -2.33. The fraction of sp³-hybridized carbons (Fsp3) is 1.00. The van der Waals surface area contributed by atoms with E-state index in [2.05, 4.69) is 6.92 Å². The number of hydrogen-bond acceptors (Lipinski definition) is 5. The summed E-state index contributed by atoms with van der Waals surface area (Å²) in [5.74, 6) is 0. The molecule has 2 fully saturated rings. The summed E-state index contributed by atoms with van der Waals surface area (Å²) in [6.07, 6.45) is 1.62. The summed E-state index contributed by atoms with van der Waals surface area (Å²) in [7, 11) is 0. The van der Waals surface area contributed by atoms with Crippen molar-refractivity contribution in [3.63, 3.8) is 0 Å². The maximum atomic E-state index is 9.09. The van der Waals surface area contributed by atoms with Crippen LogP contribution in [0.5, 0.6) is 0 Å². The first-order valence-electron chi connectivity index (χ1n) is 6.30. The van der Waals surface area contributed by atoms with Crippen LogP contribution in [-0.4, -0.2) is 59.1 Å². The normalized spacial score (nSPS) is 41.8. The summed E-state index contributed by atoms with van der Waals surface area (Å²) in [4.78, 5) is 0. The summed E-state index contributed by atoms with van der Waals surface area (Å²) in [6.45, 7) is 4.53. The molecular formula is C12H24O5. The Bertz CT molecular complexity index is 205. The SMILES string of the molecule is CC1CCCCO1.CC1OC(CO)C(O)C1O. The number of ether oxygens (including phenoxy) is 2. The molecule has 102 valence electrons. The van der Waals surface area contributed by atoms with Crippen molar-refractivity contribution < 1.29 is 24.8 Å². The second-order valence-corrected chi connectivity index (χ2v) is 4.72. The van der Waals surface area contributed by atoms with Gasteiger partial charge in [0, 0.05) is 6.61 Å². The molecule has 0 aromatic heterocycles. The van der Waals surface area contributed by atoms with E-state index in [1.54, 1.807) is 6.92 Å². The second kappa shape index (κ2) is 7.28. The van der Waals surface area contributed by atoms with Gasteiger partial charge < -0.3 is 24.8 Å². The Balaban J connectivity index is 0.000000181. The first-order valence-corrected chi connectivity index (χ1v) is 6.30. The van der Waals surface area contributed by atoms with E-state index >= 15 is 0 Å². The van der Waals surface area contributed by atoms with Crippen LogP contribution in [0.1, 0.15) is 33.1 Å². The van der Waals surface area contributed by atoms with Crippen molar-refractivity contribution >= 4 is 0 Å². The zero-order valence-corrected chi connectivity index (χ0v) is 10.6. The average Bonchev–Trinajstić information content (AvgIpc) is 2.58. The molecule has 2 rings (SSSR count). The molecular weight excluding hydrogens is 224 g/mol. The van der Waals surface area contributed by atoms with Gasteiger partial charge in [0.15, 0.2) is 0 Å². The predicted molar refractivity (Wildman–Crippen MR) is 62.7 cm³/mol. The fourth-order valence-electron chi connectivity index (χ4n) is 1.99. The number of aliphatic hydroxyl groups excluding tert-OH is 3. The first-order chi connectivity index (χ1) is 8.06. The Morgan fingerprint density at radius 2 is 1.82 bits per heavy atom. The number of aliphatic hydroxyl groups is 3. The molecule has 17 heavy (non-hydrogen) atoms. The van der Waals surface area contributed by atoms with Crippen LogP contribution in [0.4, 0.5) is 0 Å². The Morgan fingerprint density at radius 3 is 2.06 bits per heavy atom. The fourth-order valence-corrected chi connectivity index (χ4v) is 1.99. The van der Waals surface area contributed by atoms with Crippen molar-refractivity contribution in [2.75, 3.05) is 13.2 Å². The van der Waals surface area contributed by atoms with Crippen molar-refractivity contribution in [3.05, 3.63) is 0 Å². The van der Waals surface area contributed by atoms with E-state index < -0.39 is 18.3 Å². The van der Waals surface area contributed by atoms with Gasteiger partial charge in [-0.3, -0.25) is 0 Å². The summed E-state index contributed by atoms with van der Waals surface area (Å²) in [5, 5.41) is 26.8. The number of hydrogen-bond donors (Lipinski definition) is 3. The molecule has 0 saturated carbocycles. The molecule has 5 heteroatoms. The maximum Gasteiger partial charge on any atom is 0.111 e. The van der Waals surface area contributed by atoms with Gasteiger partial charge in [-0.15, -0.1) is 0 Å². The van der Waals surface area contributed by atoms with Crippen LogP contribution in [-0.2, 0) is 9.47 Å². The van der Waals surface area contributed by atoms with Crippen LogP contribution < -0.4 is 0 Å². The van der Waals surface area contributed by atoms with E-state index in [0.717, 1.165) is 6.61 Å². The Hall–Kier alpha value is -0.200. The molecule has 5 nitrogen and oxygen atoms in total. The van der Waals surface area contributed by atoms with Crippen LogP contribution in [0.25, 0.3) is 0 Å².